The molecule has 5 nitrogen and oxygen atoms in total. The average molecular weight is 345 g/mol. The number of nitrogens with one attached hydrogen (secondary N) is 1. The summed E-state index contributed by atoms with van der Waals surface area (Å²) in [5.74, 6) is 0.409. The first kappa shape index (κ1) is 17.8. The van der Waals surface area contributed by atoms with Crippen molar-refractivity contribution in [3.63, 3.8) is 0 Å². The number of carbonyl (C=O) groups is 2. The van der Waals surface area contributed by atoms with Gasteiger partial charge in [0.1, 0.15) is 5.75 Å². The third-order valence-corrected chi connectivity index (χ3v) is 5.25. The van der Waals surface area contributed by atoms with E-state index in [1.807, 2.05) is 12.1 Å². The van der Waals surface area contributed by atoms with Crippen LogP contribution in [0.3, 0.4) is 0 Å². The molecule has 0 aromatic heterocycles. The number of hydrogen-bond acceptors (Lipinski definition) is 4. The summed E-state index contributed by atoms with van der Waals surface area (Å²) >= 11 is 0. The van der Waals surface area contributed by atoms with Gasteiger partial charge in [-0.25, -0.2) is 4.79 Å². The zero-order valence-electron chi connectivity index (χ0n) is 14.9. The van der Waals surface area contributed by atoms with Crippen LogP contribution in [0.25, 0.3) is 0 Å². The van der Waals surface area contributed by atoms with E-state index in [-0.39, 0.29) is 25.2 Å². The highest BCUT2D eigenvalue weighted by molar-refractivity contribution is 5.81. The fourth-order valence-corrected chi connectivity index (χ4v) is 3.75. The lowest BCUT2D eigenvalue weighted by molar-refractivity contribution is -0.150. The molecular weight excluding hydrogens is 318 g/mol. The van der Waals surface area contributed by atoms with Crippen molar-refractivity contribution in [3.05, 3.63) is 29.3 Å². The van der Waals surface area contributed by atoms with Crippen molar-refractivity contribution in [1.29, 1.82) is 0 Å². The smallest absolute Gasteiger partial charge is 0.344 e. The third kappa shape index (κ3) is 4.97. The molecule has 1 fully saturated rings. The van der Waals surface area contributed by atoms with Crippen LogP contribution in [0.1, 0.15) is 50.2 Å². The van der Waals surface area contributed by atoms with Gasteiger partial charge in [0.2, 0.25) is 0 Å². The number of carbonyl (C=O) groups excluding carboxylic acids is 2. The van der Waals surface area contributed by atoms with Gasteiger partial charge >= 0.3 is 5.97 Å². The van der Waals surface area contributed by atoms with E-state index in [1.54, 1.807) is 0 Å². The first-order chi connectivity index (χ1) is 12.1. The highest BCUT2D eigenvalue weighted by Gasteiger charge is 2.23. The van der Waals surface area contributed by atoms with Crippen LogP contribution in [0.15, 0.2) is 18.2 Å². The second-order valence-corrected chi connectivity index (χ2v) is 7.17. The number of rotatable bonds is 6. The van der Waals surface area contributed by atoms with Crippen LogP contribution >= 0.6 is 0 Å². The monoisotopic (exact) mass is 345 g/mol. The largest absolute Gasteiger partial charge is 0.482 e. The maximum Gasteiger partial charge on any atom is 0.344 e. The molecule has 0 bridgehead atoms. The topological polar surface area (TPSA) is 64.6 Å². The quantitative estimate of drug-likeness (QED) is 0.805. The lowest BCUT2D eigenvalue weighted by Crippen LogP contribution is -2.43. The molecule has 0 spiro atoms. The van der Waals surface area contributed by atoms with E-state index in [4.69, 9.17) is 9.47 Å². The van der Waals surface area contributed by atoms with Crippen LogP contribution in [0.4, 0.5) is 0 Å². The summed E-state index contributed by atoms with van der Waals surface area (Å²) in [4.78, 5) is 23.7. The molecule has 0 radical (unpaired) electrons. The lowest BCUT2D eigenvalue weighted by atomic mass is 9.86. The van der Waals surface area contributed by atoms with Crippen LogP contribution in [0.2, 0.25) is 0 Å². The molecule has 1 amide bonds. The predicted molar refractivity (Wildman–Crippen MR) is 94.5 cm³/mol. The molecule has 1 N–H and O–H groups in total. The fourth-order valence-electron chi connectivity index (χ4n) is 3.75. The molecule has 1 saturated carbocycles. The fraction of sp³-hybridized carbons (Fsp3) is 0.600. The van der Waals surface area contributed by atoms with Gasteiger partial charge in [0, 0.05) is 6.04 Å². The van der Waals surface area contributed by atoms with Gasteiger partial charge in [0.05, 0.1) is 0 Å². The molecule has 1 aromatic rings. The van der Waals surface area contributed by atoms with E-state index < -0.39 is 5.97 Å². The predicted octanol–water partition coefficient (Wildman–Crippen LogP) is 2.79. The van der Waals surface area contributed by atoms with Gasteiger partial charge in [-0.3, -0.25) is 4.79 Å². The molecule has 2 atom stereocenters. The Morgan fingerprint density at radius 3 is 2.72 bits per heavy atom. The first-order valence-corrected chi connectivity index (χ1v) is 9.31. The Kier molecular flexibility index (Phi) is 5.95. The number of aryl methyl sites for hydroxylation is 2. The van der Waals surface area contributed by atoms with Crippen LogP contribution < -0.4 is 10.1 Å². The number of benzene rings is 1. The summed E-state index contributed by atoms with van der Waals surface area (Å²) in [6, 6.07) is 6.13. The van der Waals surface area contributed by atoms with E-state index >= 15 is 0 Å². The number of fused-ring (bicyclic) bond motifs is 1. The van der Waals surface area contributed by atoms with E-state index in [0.717, 1.165) is 32.1 Å². The highest BCUT2D eigenvalue weighted by atomic mass is 16.6. The minimum absolute atomic E-state index is 0.175. The van der Waals surface area contributed by atoms with Crippen LogP contribution in [0.5, 0.6) is 5.75 Å². The average Bonchev–Trinajstić information content (AvgIpc) is 3.08. The zero-order valence-corrected chi connectivity index (χ0v) is 14.9. The summed E-state index contributed by atoms with van der Waals surface area (Å²) in [7, 11) is 0. The number of esters is 1. The van der Waals surface area contributed by atoms with E-state index in [1.165, 1.54) is 24.0 Å². The van der Waals surface area contributed by atoms with E-state index in [0.29, 0.717) is 11.7 Å². The molecule has 0 saturated heterocycles. The van der Waals surface area contributed by atoms with Crippen molar-refractivity contribution >= 4 is 11.9 Å². The van der Waals surface area contributed by atoms with Crippen molar-refractivity contribution in [2.75, 3.05) is 13.2 Å². The molecule has 2 aliphatic rings. The molecule has 1 aromatic carbocycles. The zero-order chi connectivity index (χ0) is 17.6. The molecule has 2 aliphatic carbocycles. The summed E-state index contributed by atoms with van der Waals surface area (Å²) in [6.07, 6.45) is 7.87. The molecule has 0 heterocycles. The normalized spacial score (nSPS) is 22.1. The maximum atomic E-state index is 11.9. The Balaban J connectivity index is 1.37. The van der Waals surface area contributed by atoms with Crippen LogP contribution in [-0.4, -0.2) is 31.1 Å². The van der Waals surface area contributed by atoms with Crippen LogP contribution in [-0.2, 0) is 27.2 Å². The maximum absolute atomic E-state index is 11.9. The van der Waals surface area contributed by atoms with Gasteiger partial charge in [-0.15, -0.1) is 0 Å². The SMILES string of the molecule is C[C@H]1CCCC[C@H]1NC(=O)COC(=O)COc1ccc2c(c1)CCC2. The molecular formula is C20H27NO4. The Morgan fingerprint density at radius 2 is 1.88 bits per heavy atom. The number of amides is 1. The first-order valence-electron chi connectivity index (χ1n) is 9.31. The molecule has 0 aliphatic heterocycles. The van der Waals surface area contributed by atoms with Gasteiger partial charge in [-0.2, -0.15) is 0 Å². The molecule has 25 heavy (non-hydrogen) atoms. The van der Waals surface area contributed by atoms with Crippen molar-refractivity contribution in [2.24, 2.45) is 5.92 Å². The second-order valence-electron chi connectivity index (χ2n) is 7.17. The Morgan fingerprint density at radius 1 is 1.08 bits per heavy atom. The molecule has 3 rings (SSSR count). The van der Waals surface area contributed by atoms with Crippen molar-refractivity contribution < 1.29 is 19.1 Å². The van der Waals surface area contributed by atoms with Gasteiger partial charge in [0.25, 0.3) is 5.91 Å². The summed E-state index contributed by atoms with van der Waals surface area (Å²) in [6.45, 7) is 1.74. The van der Waals surface area contributed by atoms with Gasteiger partial charge in [-0.1, -0.05) is 25.8 Å². The number of ether oxygens (including phenoxy) is 2. The van der Waals surface area contributed by atoms with Crippen molar-refractivity contribution in [1.82, 2.24) is 5.32 Å². The van der Waals surface area contributed by atoms with Crippen LogP contribution in [0, 0.1) is 5.92 Å². The van der Waals surface area contributed by atoms with E-state index in [9.17, 15) is 9.59 Å². The number of hydrogen-bond donors (Lipinski definition) is 1. The van der Waals surface area contributed by atoms with Gasteiger partial charge in [-0.05, 0) is 61.3 Å². The van der Waals surface area contributed by atoms with E-state index in [2.05, 4.69) is 18.3 Å². The van der Waals surface area contributed by atoms with Gasteiger partial charge in [0.15, 0.2) is 13.2 Å². The Hall–Kier alpha value is -2.04. The minimum Gasteiger partial charge on any atom is -0.482 e. The minimum atomic E-state index is -0.521. The van der Waals surface area contributed by atoms with Gasteiger partial charge < -0.3 is 14.8 Å². The Labute approximate surface area is 149 Å². The Bertz CT molecular complexity index is 628. The standard InChI is InChI=1S/C20H27NO4/c1-14-5-2-3-8-18(14)21-19(22)12-25-20(23)13-24-17-10-9-15-6-4-7-16(15)11-17/h9-11,14,18H,2-8,12-13H2,1H3,(H,21,22)/t14-,18+/m0/s1. The molecule has 5 heteroatoms. The lowest BCUT2D eigenvalue weighted by Gasteiger charge is -2.29. The summed E-state index contributed by atoms with van der Waals surface area (Å²) in [5, 5.41) is 2.97. The van der Waals surface area contributed by atoms with Crippen molar-refractivity contribution in [2.45, 2.75) is 57.9 Å². The third-order valence-electron chi connectivity index (χ3n) is 5.25. The highest BCUT2D eigenvalue weighted by Crippen LogP contribution is 2.26. The molecule has 0 unspecified atom stereocenters. The molecule has 136 valence electrons. The summed E-state index contributed by atoms with van der Waals surface area (Å²) in [5.41, 5.74) is 2.66. The van der Waals surface area contributed by atoms with Crippen molar-refractivity contribution in [3.8, 4) is 5.75 Å². The second kappa shape index (κ2) is 8.37. The summed E-state index contributed by atoms with van der Waals surface area (Å²) < 4.78 is 10.5.